The Morgan fingerprint density at radius 3 is 3.06 bits per heavy atom. The van der Waals surface area contributed by atoms with Gasteiger partial charge in [0.15, 0.2) is 0 Å². The van der Waals surface area contributed by atoms with Crippen molar-refractivity contribution in [3.05, 3.63) is 35.0 Å². The Hall–Kier alpha value is -0.990. The third-order valence-corrected chi connectivity index (χ3v) is 3.70. The molecule has 1 fully saturated rings. The molecule has 2 N–H and O–H groups in total. The van der Waals surface area contributed by atoms with Crippen molar-refractivity contribution in [1.29, 1.82) is 0 Å². The van der Waals surface area contributed by atoms with Crippen LogP contribution in [0.2, 0.25) is 5.02 Å². The Balaban J connectivity index is 2.02. The molecule has 2 nitrogen and oxygen atoms in total. The van der Waals surface area contributed by atoms with Crippen molar-refractivity contribution in [1.82, 2.24) is 10.3 Å². The van der Waals surface area contributed by atoms with E-state index >= 15 is 0 Å². The van der Waals surface area contributed by atoms with Gasteiger partial charge in [-0.3, -0.25) is 0 Å². The summed E-state index contributed by atoms with van der Waals surface area (Å²) in [6.45, 7) is 2.23. The zero-order chi connectivity index (χ0) is 11.0. The lowest BCUT2D eigenvalue weighted by Crippen LogP contribution is -2.28. The predicted octanol–water partition coefficient (Wildman–Crippen LogP) is 3.29. The summed E-state index contributed by atoms with van der Waals surface area (Å²) in [6, 6.07) is 6.45. The topological polar surface area (TPSA) is 27.8 Å². The van der Waals surface area contributed by atoms with E-state index in [9.17, 15) is 0 Å². The molecular weight excluding hydrogens is 220 g/mol. The molecule has 0 spiro atoms. The van der Waals surface area contributed by atoms with Crippen LogP contribution in [0.4, 0.5) is 0 Å². The second-order valence-electron chi connectivity index (χ2n) is 4.49. The first kappa shape index (κ1) is 10.2. The molecule has 0 radical (unpaired) electrons. The van der Waals surface area contributed by atoms with E-state index in [2.05, 4.69) is 28.5 Å². The van der Waals surface area contributed by atoms with Crippen LogP contribution in [0.15, 0.2) is 24.4 Å². The highest BCUT2D eigenvalue weighted by molar-refractivity contribution is 6.35. The maximum atomic E-state index is 6.27. The van der Waals surface area contributed by atoms with Crippen LogP contribution in [0, 0.1) is 0 Å². The Morgan fingerprint density at radius 1 is 1.31 bits per heavy atom. The molecule has 1 aromatic carbocycles. The van der Waals surface area contributed by atoms with Gasteiger partial charge in [-0.15, -0.1) is 0 Å². The number of fused-ring (bicyclic) bond motifs is 1. The standard InChI is InChI=1S/C13H15ClN2/c14-12-7-11(10-2-1-4-15-8-10)6-9-3-5-16-13(9)12/h3,5-7,10,15-16H,1-2,4,8H2. The van der Waals surface area contributed by atoms with E-state index in [4.69, 9.17) is 11.6 Å². The number of rotatable bonds is 1. The van der Waals surface area contributed by atoms with Gasteiger partial charge in [-0.25, -0.2) is 0 Å². The summed E-state index contributed by atoms with van der Waals surface area (Å²) in [5.41, 5.74) is 2.42. The molecule has 1 aromatic heterocycles. The maximum absolute atomic E-state index is 6.27. The minimum atomic E-state index is 0.616. The molecule has 1 atom stereocenters. The summed E-state index contributed by atoms with van der Waals surface area (Å²) in [6.07, 6.45) is 4.46. The van der Waals surface area contributed by atoms with Crippen LogP contribution in [-0.4, -0.2) is 18.1 Å². The molecule has 1 unspecified atom stereocenters. The van der Waals surface area contributed by atoms with Crippen molar-refractivity contribution in [3.63, 3.8) is 0 Å². The summed E-state index contributed by atoms with van der Waals surface area (Å²) in [5, 5.41) is 5.50. The lowest BCUT2D eigenvalue weighted by molar-refractivity contribution is 0.462. The number of H-pyrrole nitrogens is 1. The normalized spacial score (nSPS) is 21.4. The number of piperidine rings is 1. The number of nitrogens with one attached hydrogen (secondary N) is 2. The Bertz CT molecular complexity index is 498. The minimum absolute atomic E-state index is 0.616. The van der Waals surface area contributed by atoms with Crippen molar-refractivity contribution in [2.24, 2.45) is 0 Å². The van der Waals surface area contributed by atoms with Crippen LogP contribution in [-0.2, 0) is 0 Å². The molecule has 3 rings (SSSR count). The lowest BCUT2D eigenvalue weighted by atomic mass is 9.91. The van der Waals surface area contributed by atoms with Crippen molar-refractivity contribution in [2.75, 3.05) is 13.1 Å². The largest absolute Gasteiger partial charge is 0.360 e. The number of halogens is 1. The zero-order valence-electron chi connectivity index (χ0n) is 9.09. The first-order valence-corrected chi connectivity index (χ1v) is 6.19. The van der Waals surface area contributed by atoms with Gasteiger partial charge in [0.25, 0.3) is 0 Å². The van der Waals surface area contributed by atoms with E-state index in [1.165, 1.54) is 23.8 Å². The van der Waals surface area contributed by atoms with Gasteiger partial charge in [-0.05, 0) is 49.1 Å². The molecule has 2 aromatic rings. The number of hydrogen-bond donors (Lipinski definition) is 2. The highest BCUT2D eigenvalue weighted by Gasteiger charge is 2.16. The van der Waals surface area contributed by atoms with E-state index in [1.54, 1.807) is 0 Å². The first-order chi connectivity index (χ1) is 7.84. The van der Waals surface area contributed by atoms with Crippen LogP contribution in [0.25, 0.3) is 10.9 Å². The Kier molecular flexibility index (Phi) is 2.62. The average molecular weight is 235 g/mol. The van der Waals surface area contributed by atoms with Gasteiger partial charge >= 0.3 is 0 Å². The van der Waals surface area contributed by atoms with Crippen LogP contribution in [0.5, 0.6) is 0 Å². The van der Waals surface area contributed by atoms with E-state index < -0.39 is 0 Å². The zero-order valence-corrected chi connectivity index (χ0v) is 9.85. The van der Waals surface area contributed by atoms with E-state index in [1.807, 2.05) is 6.20 Å². The molecule has 3 heteroatoms. The molecule has 0 aliphatic carbocycles. The Morgan fingerprint density at radius 2 is 2.25 bits per heavy atom. The third-order valence-electron chi connectivity index (χ3n) is 3.40. The third kappa shape index (κ3) is 1.72. The number of benzene rings is 1. The smallest absolute Gasteiger partial charge is 0.0649 e. The summed E-state index contributed by atoms with van der Waals surface area (Å²) in [4.78, 5) is 3.17. The predicted molar refractivity (Wildman–Crippen MR) is 68.2 cm³/mol. The van der Waals surface area contributed by atoms with Gasteiger partial charge in [-0.1, -0.05) is 11.6 Å². The molecule has 1 saturated heterocycles. The molecule has 0 bridgehead atoms. The summed E-state index contributed by atoms with van der Waals surface area (Å²) in [7, 11) is 0. The fraction of sp³-hybridized carbons (Fsp3) is 0.385. The molecule has 16 heavy (non-hydrogen) atoms. The molecule has 0 amide bonds. The molecular formula is C13H15ClN2. The number of aromatic nitrogens is 1. The highest BCUT2D eigenvalue weighted by atomic mass is 35.5. The summed E-state index contributed by atoms with van der Waals surface area (Å²) in [5.74, 6) is 0.616. The van der Waals surface area contributed by atoms with E-state index in [-0.39, 0.29) is 0 Å². The van der Waals surface area contributed by atoms with E-state index in [0.29, 0.717) is 5.92 Å². The Labute approximate surface area is 100.0 Å². The second kappa shape index (κ2) is 4.11. The molecule has 0 saturated carbocycles. The van der Waals surface area contributed by atoms with Crippen molar-refractivity contribution in [2.45, 2.75) is 18.8 Å². The number of aromatic amines is 1. The van der Waals surface area contributed by atoms with Gasteiger partial charge < -0.3 is 10.3 Å². The second-order valence-corrected chi connectivity index (χ2v) is 4.90. The van der Waals surface area contributed by atoms with Gasteiger partial charge in [0.05, 0.1) is 10.5 Å². The molecule has 1 aliphatic rings. The summed E-state index contributed by atoms with van der Waals surface area (Å²) >= 11 is 6.27. The van der Waals surface area contributed by atoms with Crippen LogP contribution in [0.3, 0.4) is 0 Å². The molecule has 1 aliphatic heterocycles. The monoisotopic (exact) mass is 234 g/mol. The minimum Gasteiger partial charge on any atom is -0.360 e. The molecule has 2 heterocycles. The van der Waals surface area contributed by atoms with Gasteiger partial charge in [0, 0.05) is 18.1 Å². The highest BCUT2D eigenvalue weighted by Crippen LogP contribution is 2.30. The molecule has 84 valence electrons. The fourth-order valence-electron chi connectivity index (χ4n) is 2.52. The van der Waals surface area contributed by atoms with Gasteiger partial charge in [0.2, 0.25) is 0 Å². The quantitative estimate of drug-likeness (QED) is 0.779. The van der Waals surface area contributed by atoms with Crippen LogP contribution >= 0.6 is 11.6 Å². The van der Waals surface area contributed by atoms with Crippen LogP contribution < -0.4 is 5.32 Å². The summed E-state index contributed by atoms with van der Waals surface area (Å²) < 4.78 is 0. The fourth-order valence-corrected chi connectivity index (χ4v) is 2.81. The van der Waals surface area contributed by atoms with Crippen molar-refractivity contribution in [3.8, 4) is 0 Å². The van der Waals surface area contributed by atoms with Gasteiger partial charge in [0.1, 0.15) is 0 Å². The maximum Gasteiger partial charge on any atom is 0.0649 e. The van der Waals surface area contributed by atoms with Gasteiger partial charge in [-0.2, -0.15) is 0 Å². The van der Waals surface area contributed by atoms with Crippen molar-refractivity contribution >= 4 is 22.5 Å². The average Bonchev–Trinajstić information content (AvgIpc) is 2.79. The first-order valence-electron chi connectivity index (χ1n) is 5.82. The SMILES string of the molecule is Clc1cc(C2CCCNC2)cc2cc[nH]c12. The lowest BCUT2D eigenvalue weighted by Gasteiger charge is -2.23. The van der Waals surface area contributed by atoms with E-state index in [0.717, 1.165) is 23.6 Å². The van der Waals surface area contributed by atoms with Crippen molar-refractivity contribution < 1.29 is 0 Å². The number of hydrogen-bond acceptors (Lipinski definition) is 1. The van der Waals surface area contributed by atoms with Crippen LogP contribution in [0.1, 0.15) is 24.3 Å².